The molecule has 0 spiro atoms. The first-order valence-electron chi connectivity index (χ1n) is 9.26. The Bertz CT molecular complexity index is 735. The molecule has 2 aliphatic rings. The van der Waals surface area contributed by atoms with Crippen LogP contribution in [0, 0.1) is 11.8 Å². The lowest BCUT2D eigenvalue weighted by Gasteiger charge is -2.36. The summed E-state index contributed by atoms with van der Waals surface area (Å²) in [5, 5.41) is 0. The third kappa shape index (κ3) is 2.38. The summed E-state index contributed by atoms with van der Waals surface area (Å²) in [5.74, 6) is 1.54. The number of hydrogen-bond donors (Lipinski definition) is 0. The van der Waals surface area contributed by atoms with Crippen LogP contribution in [0.3, 0.4) is 0 Å². The van der Waals surface area contributed by atoms with E-state index in [-0.39, 0.29) is 17.0 Å². The molecule has 0 aromatic heterocycles. The van der Waals surface area contributed by atoms with Gasteiger partial charge in [0.1, 0.15) is 0 Å². The highest BCUT2D eigenvalue weighted by atomic mass is 16.1. The second-order valence-electron chi connectivity index (χ2n) is 7.68. The average molecular weight is 332 g/mol. The maximum atomic E-state index is 11.6. The van der Waals surface area contributed by atoms with Crippen molar-refractivity contribution in [2.45, 2.75) is 44.9 Å². The lowest BCUT2D eigenvalue weighted by Crippen LogP contribution is -2.33. The number of rotatable bonds is 4. The number of carbonyl (C=O) groups is 2. The van der Waals surface area contributed by atoms with Gasteiger partial charge in [-0.1, -0.05) is 48.5 Å². The molecular weight excluding hydrogens is 308 g/mol. The Morgan fingerprint density at radius 3 is 1.28 bits per heavy atom. The Kier molecular flexibility index (Phi) is 3.87. The number of carbonyl (C=O) groups excluding carboxylic acids is 2. The quantitative estimate of drug-likeness (QED) is 0.721. The van der Waals surface area contributed by atoms with E-state index in [0.29, 0.717) is 11.8 Å². The van der Waals surface area contributed by atoms with Gasteiger partial charge in [-0.05, 0) is 62.5 Å². The van der Waals surface area contributed by atoms with Crippen LogP contribution >= 0.6 is 0 Å². The second-order valence-corrected chi connectivity index (χ2v) is 7.68. The summed E-state index contributed by atoms with van der Waals surface area (Å²) in [4.78, 5) is 23.3. The van der Waals surface area contributed by atoms with Gasteiger partial charge in [0.05, 0.1) is 0 Å². The van der Waals surface area contributed by atoms with E-state index in [4.69, 9.17) is 0 Å². The predicted octanol–water partition coefficient (Wildman–Crippen LogP) is 5.20. The van der Waals surface area contributed by atoms with Crippen LogP contribution in [0.2, 0.25) is 0 Å². The van der Waals surface area contributed by atoms with Crippen molar-refractivity contribution in [2.75, 3.05) is 0 Å². The molecule has 0 heterocycles. The Morgan fingerprint density at radius 1 is 0.680 bits per heavy atom. The molecule has 128 valence electrons. The maximum Gasteiger partial charge on any atom is 0.159 e. The molecule has 2 fully saturated rings. The number of hydrogen-bond acceptors (Lipinski definition) is 2. The van der Waals surface area contributed by atoms with Gasteiger partial charge < -0.3 is 0 Å². The van der Waals surface area contributed by atoms with Crippen molar-refractivity contribution >= 4 is 11.6 Å². The first kappa shape index (κ1) is 16.3. The standard InChI is InChI=1S/C23H24O2/c1-15(24)17-3-7-19(8-4-17)23(21-11-12-22(23)14-13-21)20-9-5-18(6-10-20)16(2)25/h3-10,21-22H,11-14H2,1-2H3. The molecule has 0 saturated heterocycles. The molecule has 4 rings (SSSR count). The van der Waals surface area contributed by atoms with Crippen molar-refractivity contribution in [3.05, 3.63) is 70.8 Å². The smallest absolute Gasteiger partial charge is 0.159 e. The summed E-state index contributed by atoms with van der Waals surface area (Å²) in [7, 11) is 0. The second kappa shape index (κ2) is 5.94. The van der Waals surface area contributed by atoms with E-state index in [9.17, 15) is 9.59 Å². The molecule has 0 N–H and O–H groups in total. The van der Waals surface area contributed by atoms with Crippen LogP contribution in [0.25, 0.3) is 0 Å². The van der Waals surface area contributed by atoms with Crippen molar-refractivity contribution in [1.82, 2.24) is 0 Å². The summed E-state index contributed by atoms with van der Waals surface area (Å²) >= 11 is 0. The lowest BCUT2D eigenvalue weighted by molar-refractivity contribution is 0.100. The minimum absolute atomic E-state index is 0.0463. The molecule has 2 nitrogen and oxygen atoms in total. The molecule has 0 aliphatic heterocycles. The molecule has 0 amide bonds. The van der Waals surface area contributed by atoms with Gasteiger partial charge in [0, 0.05) is 16.5 Å². The Labute approximate surface area is 149 Å². The van der Waals surface area contributed by atoms with Crippen LogP contribution in [0.4, 0.5) is 0 Å². The topological polar surface area (TPSA) is 34.1 Å². The molecule has 2 bridgehead atoms. The zero-order valence-electron chi connectivity index (χ0n) is 14.9. The minimum atomic E-state index is 0.0463. The first-order chi connectivity index (χ1) is 12.0. The van der Waals surface area contributed by atoms with Gasteiger partial charge in [-0.25, -0.2) is 0 Å². The molecule has 2 aromatic rings. The summed E-state index contributed by atoms with van der Waals surface area (Å²) in [6.45, 7) is 3.23. The van der Waals surface area contributed by atoms with Crippen LogP contribution in [-0.2, 0) is 5.41 Å². The largest absolute Gasteiger partial charge is 0.295 e. The van der Waals surface area contributed by atoms with E-state index in [1.807, 2.05) is 24.3 Å². The van der Waals surface area contributed by atoms with Crippen LogP contribution in [0.1, 0.15) is 71.4 Å². The summed E-state index contributed by atoms with van der Waals surface area (Å²) in [5.41, 5.74) is 4.26. The molecule has 2 heteroatoms. The number of ketones is 2. The zero-order valence-corrected chi connectivity index (χ0v) is 14.9. The zero-order chi connectivity index (χ0) is 17.6. The molecule has 0 radical (unpaired) electrons. The summed E-state index contributed by atoms with van der Waals surface area (Å²) in [6.07, 6.45) is 5.09. The fraction of sp³-hybridized carbons (Fsp3) is 0.391. The van der Waals surface area contributed by atoms with Crippen molar-refractivity contribution in [1.29, 1.82) is 0 Å². The lowest BCUT2D eigenvalue weighted by atomic mass is 9.66. The van der Waals surface area contributed by atoms with E-state index >= 15 is 0 Å². The fourth-order valence-corrected chi connectivity index (χ4v) is 5.41. The fourth-order valence-electron chi connectivity index (χ4n) is 5.41. The third-order valence-electron chi connectivity index (χ3n) is 6.55. The van der Waals surface area contributed by atoms with Gasteiger partial charge in [-0.2, -0.15) is 0 Å². The third-order valence-corrected chi connectivity index (χ3v) is 6.55. The normalized spacial score (nSPS) is 23.6. The Hall–Kier alpha value is -2.22. The van der Waals surface area contributed by atoms with Gasteiger partial charge in [0.15, 0.2) is 11.6 Å². The van der Waals surface area contributed by atoms with Gasteiger partial charge in [0.2, 0.25) is 0 Å². The summed E-state index contributed by atoms with van der Waals surface area (Å²) in [6, 6.07) is 16.5. The van der Waals surface area contributed by atoms with Crippen LogP contribution in [-0.4, -0.2) is 11.6 Å². The average Bonchev–Trinajstić information content (AvgIpc) is 3.18. The number of benzene rings is 2. The predicted molar refractivity (Wildman–Crippen MR) is 99.1 cm³/mol. The molecule has 2 saturated carbocycles. The van der Waals surface area contributed by atoms with E-state index in [0.717, 1.165) is 11.1 Å². The molecule has 0 atom stereocenters. The SMILES string of the molecule is CC(=O)c1ccc(C2(c3ccc(C(C)=O)cc3)C3CCC2CC3)cc1. The van der Waals surface area contributed by atoms with E-state index in [1.54, 1.807) is 13.8 Å². The van der Waals surface area contributed by atoms with Gasteiger partial charge >= 0.3 is 0 Å². The monoisotopic (exact) mass is 332 g/mol. The maximum absolute atomic E-state index is 11.6. The van der Waals surface area contributed by atoms with Crippen LogP contribution in [0.15, 0.2) is 48.5 Å². The van der Waals surface area contributed by atoms with Crippen molar-refractivity contribution in [2.24, 2.45) is 11.8 Å². The highest BCUT2D eigenvalue weighted by Crippen LogP contribution is 2.62. The molecule has 2 aromatic carbocycles. The Morgan fingerprint density at radius 2 is 1.00 bits per heavy atom. The van der Waals surface area contributed by atoms with Crippen molar-refractivity contribution in [3.8, 4) is 0 Å². The molecule has 0 unspecified atom stereocenters. The van der Waals surface area contributed by atoms with E-state index < -0.39 is 0 Å². The number of fused-ring (bicyclic) bond motifs is 2. The highest BCUT2D eigenvalue weighted by molar-refractivity contribution is 5.94. The van der Waals surface area contributed by atoms with Crippen LogP contribution in [0.5, 0.6) is 0 Å². The van der Waals surface area contributed by atoms with E-state index in [1.165, 1.54) is 36.8 Å². The molecular formula is C23H24O2. The van der Waals surface area contributed by atoms with Crippen molar-refractivity contribution in [3.63, 3.8) is 0 Å². The van der Waals surface area contributed by atoms with E-state index in [2.05, 4.69) is 24.3 Å². The highest BCUT2D eigenvalue weighted by Gasteiger charge is 2.55. The van der Waals surface area contributed by atoms with Crippen LogP contribution < -0.4 is 0 Å². The van der Waals surface area contributed by atoms with Crippen molar-refractivity contribution < 1.29 is 9.59 Å². The summed E-state index contributed by atoms with van der Waals surface area (Å²) < 4.78 is 0. The molecule has 2 aliphatic carbocycles. The van der Waals surface area contributed by atoms with Gasteiger partial charge in [-0.3, -0.25) is 9.59 Å². The van der Waals surface area contributed by atoms with Gasteiger partial charge in [-0.15, -0.1) is 0 Å². The number of Topliss-reactive ketones (excluding diaryl/α,β-unsaturated/α-hetero) is 2. The molecule has 25 heavy (non-hydrogen) atoms. The van der Waals surface area contributed by atoms with Gasteiger partial charge in [0.25, 0.3) is 0 Å². The minimum Gasteiger partial charge on any atom is -0.295 e. The first-order valence-corrected chi connectivity index (χ1v) is 9.26. The Balaban J connectivity index is 1.84.